The highest BCUT2D eigenvalue weighted by Gasteiger charge is 2.04. The minimum absolute atomic E-state index is 0.226. The molecule has 0 bridgehead atoms. The zero-order valence-electron chi connectivity index (χ0n) is 10.9. The Morgan fingerprint density at radius 2 is 2.29 bits per heavy atom. The fourth-order valence-corrected chi connectivity index (χ4v) is 2.11. The summed E-state index contributed by atoms with van der Waals surface area (Å²) in [5.41, 5.74) is 6.68. The van der Waals surface area contributed by atoms with Gasteiger partial charge in [0.2, 0.25) is 0 Å². The second-order valence-corrected chi connectivity index (χ2v) is 4.92. The van der Waals surface area contributed by atoms with Crippen LogP contribution in [0.4, 0.5) is 5.69 Å². The van der Waals surface area contributed by atoms with Crippen molar-refractivity contribution in [1.29, 1.82) is 5.26 Å². The summed E-state index contributed by atoms with van der Waals surface area (Å²) < 4.78 is 0. The van der Waals surface area contributed by atoms with E-state index in [9.17, 15) is 4.79 Å². The van der Waals surface area contributed by atoms with E-state index in [1.807, 2.05) is 17.5 Å². The molecule has 1 aromatic carbocycles. The fourth-order valence-electron chi connectivity index (χ4n) is 1.49. The molecule has 2 rings (SSSR count). The van der Waals surface area contributed by atoms with E-state index in [0.717, 1.165) is 4.88 Å². The van der Waals surface area contributed by atoms with Gasteiger partial charge in [-0.3, -0.25) is 4.79 Å². The summed E-state index contributed by atoms with van der Waals surface area (Å²) in [7, 11) is 0. The maximum Gasteiger partial charge on any atom is 0.265 e. The number of carbonyl (C=O) groups is 1. The first-order valence-corrected chi connectivity index (χ1v) is 6.86. The zero-order valence-corrected chi connectivity index (χ0v) is 11.8. The molecule has 3 N–H and O–H groups in total. The number of rotatable bonds is 5. The SMILES string of the molecule is N#Cc1cccc(NC(=O)CON=C(N)c2cccs2)c1. The minimum Gasteiger partial charge on any atom is -0.384 e. The molecule has 21 heavy (non-hydrogen) atoms. The summed E-state index contributed by atoms with van der Waals surface area (Å²) in [5.74, 6) is -0.155. The standard InChI is InChI=1S/C14H12N4O2S/c15-8-10-3-1-4-11(7-10)17-13(19)9-20-18-14(16)12-5-2-6-21-12/h1-7H,9H2,(H2,16,18)(H,17,19). The van der Waals surface area contributed by atoms with Crippen LogP contribution in [0.3, 0.4) is 0 Å². The van der Waals surface area contributed by atoms with Crippen molar-refractivity contribution < 1.29 is 9.63 Å². The molecule has 7 heteroatoms. The molecule has 6 nitrogen and oxygen atoms in total. The summed E-state index contributed by atoms with van der Waals surface area (Å²) in [6.45, 7) is -0.261. The Bertz CT molecular complexity index is 689. The third-order valence-corrected chi connectivity index (χ3v) is 3.30. The lowest BCUT2D eigenvalue weighted by Crippen LogP contribution is -2.19. The number of nitrogens with zero attached hydrogens (tertiary/aromatic N) is 2. The molecular formula is C14H12N4O2S. The van der Waals surface area contributed by atoms with Crippen LogP contribution in [0.25, 0.3) is 0 Å². The van der Waals surface area contributed by atoms with Crippen molar-refractivity contribution in [3.05, 3.63) is 52.2 Å². The van der Waals surface area contributed by atoms with Gasteiger partial charge in [-0.25, -0.2) is 0 Å². The lowest BCUT2D eigenvalue weighted by molar-refractivity contribution is -0.120. The van der Waals surface area contributed by atoms with E-state index in [2.05, 4.69) is 10.5 Å². The van der Waals surface area contributed by atoms with E-state index in [-0.39, 0.29) is 18.3 Å². The summed E-state index contributed by atoms with van der Waals surface area (Å²) in [6.07, 6.45) is 0. The smallest absolute Gasteiger partial charge is 0.265 e. The summed E-state index contributed by atoms with van der Waals surface area (Å²) in [4.78, 5) is 17.3. The Labute approximate surface area is 125 Å². The topological polar surface area (TPSA) is 100 Å². The first-order valence-electron chi connectivity index (χ1n) is 5.98. The number of anilines is 1. The molecule has 0 aliphatic rings. The van der Waals surface area contributed by atoms with Crippen LogP contribution < -0.4 is 11.1 Å². The monoisotopic (exact) mass is 300 g/mol. The Hall–Kier alpha value is -2.85. The van der Waals surface area contributed by atoms with Gasteiger partial charge in [-0.05, 0) is 29.6 Å². The van der Waals surface area contributed by atoms with Crippen molar-refractivity contribution >= 4 is 28.8 Å². The molecule has 1 aromatic heterocycles. The lowest BCUT2D eigenvalue weighted by atomic mass is 10.2. The molecule has 0 saturated carbocycles. The summed E-state index contributed by atoms with van der Waals surface area (Å²) in [5, 5.41) is 16.9. The number of oxime groups is 1. The molecular weight excluding hydrogens is 288 g/mol. The number of nitrogens with two attached hydrogens (primary N) is 1. The Morgan fingerprint density at radius 1 is 1.43 bits per heavy atom. The van der Waals surface area contributed by atoms with Gasteiger partial charge in [0.1, 0.15) is 0 Å². The largest absolute Gasteiger partial charge is 0.384 e. The van der Waals surface area contributed by atoms with E-state index in [1.165, 1.54) is 11.3 Å². The predicted molar refractivity (Wildman–Crippen MR) is 80.8 cm³/mol. The maximum atomic E-state index is 11.7. The van der Waals surface area contributed by atoms with Crippen molar-refractivity contribution in [3.8, 4) is 6.07 Å². The van der Waals surface area contributed by atoms with Gasteiger partial charge in [0.15, 0.2) is 12.4 Å². The summed E-state index contributed by atoms with van der Waals surface area (Å²) >= 11 is 1.43. The second kappa shape index (κ2) is 7.07. The van der Waals surface area contributed by atoms with Crippen LogP contribution in [0.2, 0.25) is 0 Å². The first kappa shape index (κ1) is 14.6. The second-order valence-electron chi connectivity index (χ2n) is 3.97. The van der Waals surface area contributed by atoms with Gasteiger partial charge in [0, 0.05) is 5.69 Å². The van der Waals surface area contributed by atoms with Gasteiger partial charge in [0.05, 0.1) is 16.5 Å². The van der Waals surface area contributed by atoms with Crippen LogP contribution in [0.15, 0.2) is 46.9 Å². The van der Waals surface area contributed by atoms with Gasteiger partial charge in [-0.15, -0.1) is 11.3 Å². The first-order chi connectivity index (χ1) is 10.2. The van der Waals surface area contributed by atoms with Gasteiger partial charge in [-0.2, -0.15) is 5.26 Å². The van der Waals surface area contributed by atoms with Crippen molar-refractivity contribution in [2.24, 2.45) is 10.9 Å². The highest BCUT2D eigenvalue weighted by Crippen LogP contribution is 2.10. The molecule has 0 radical (unpaired) electrons. The minimum atomic E-state index is -0.382. The van der Waals surface area contributed by atoms with Crippen LogP contribution in [0.5, 0.6) is 0 Å². The van der Waals surface area contributed by atoms with E-state index in [0.29, 0.717) is 11.3 Å². The number of benzene rings is 1. The number of nitriles is 1. The van der Waals surface area contributed by atoms with Crippen LogP contribution in [-0.4, -0.2) is 18.3 Å². The molecule has 0 aliphatic heterocycles. The molecule has 0 aliphatic carbocycles. The van der Waals surface area contributed by atoms with Crippen molar-refractivity contribution in [1.82, 2.24) is 0 Å². The van der Waals surface area contributed by atoms with Crippen LogP contribution in [0, 0.1) is 11.3 Å². The Balaban J connectivity index is 1.85. The molecule has 1 amide bonds. The normalized spacial score (nSPS) is 10.7. The maximum absolute atomic E-state index is 11.7. The average Bonchev–Trinajstić information content (AvgIpc) is 3.01. The van der Waals surface area contributed by atoms with Gasteiger partial charge in [0.25, 0.3) is 5.91 Å². The highest BCUT2D eigenvalue weighted by molar-refractivity contribution is 7.12. The molecule has 0 spiro atoms. The van der Waals surface area contributed by atoms with Gasteiger partial charge in [-0.1, -0.05) is 17.3 Å². The number of hydrogen-bond acceptors (Lipinski definition) is 5. The number of thiophene rings is 1. The van der Waals surface area contributed by atoms with E-state index >= 15 is 0 Å². The lowest BCUT2D eigenvalue weighted by Gasteiger charge is -2.04. The summed E-state index contributed by atoms with van der Waals surface area (Å²) in [6, 6.07) is 12.2. The average molecular weight is 300 g/mol. The number of amidine groups is 1. The van der Waals surface area contributed by atoms with Gasteiger partial charge >= 0.3 is 0 Å². The fraction of sp³-hybridized carbons (Fsp3) is 0.0714. The molecule has 0 fully saturated rings. The predicted octanol–water partition coefficient (Wildman–Crippen LogP) is 1.90. The molecule has 0 atom stereocenters. The van der Waals surface area contributed by atoms with Crippen molar-refractivity contribution in [2.45, 2.75) is 0 Å². The zero-order chi connectivity index (χ0) is 15.1. The van der Waals surface area contributed by atoms with Crippen LogP contribution >= 0.6 is 11.3 Å². The number of hydrogen-bond donors (Lipinski definition) is 2. The quantitative estimate of drug-likeness (QED) is 0.500. The Morgan fingerprint density at radius 3 is 3.00 bits per heavy atom. The number of amides is 1. The van der Waals surface area contributed by atoms with Gasteiger partial charge < -0.3 is 15.9 Å². The van der Waals surface area contributed by atoms with Crippen LogP contribution in [-0.2, 0) is 9.63 Å². The molecule has 2 aromatic rings. The van der Waals surface area contributed by atoms with Crippen molar-refractivity contribution in [2.75, 3.05) is 11.9 Å². The molecule has 0 unspecified atom stereocenters. The van der Waals surface area contributed by atoms with E-state index in [4.69, 9.17) is 15.8 Å². The third-order valence-electron chi connectivity index (χ3n) is 2.41. The third kappa shape index (κ3) is 4.33. The van der Waals surface area contributed by atoms with E-state index in [1.54, 1.807) is 30.3 Å². The Kier molecular flexibility index (Phi) is 4.90. The van der Waals surface area contributed by atoms with E-state index < -0.39 is 0 Å². The number of carbonyl (C=O) groups excluding carboxylic acids is 1. The molecule has 1 heterocycles. The highest BCUT2D eigenvalue weighted by atomic mass is 32.1. The number of nitrogens with one attached hydrogen (secondary N) is 1. The van der Waals surface area contributed by atoms with Crippen LogP contribution in [0.1, 0.15) is 10.4 Å². The molecule has 106 valence electrons. The molecule has 0 saturated heterocycles. The van der Waals surface area contributed by atoms with Crippen molar-refractivity contribution in [3.63, 3.8) is 0 Å².